The molecule has 0 atom stereocenters. The van der Waals surface area contributed by atoms with Crippen LogP contribution in [0.1, 0.15) is 23.5 Å². The highest BCUT2D eigenvalue weighted by Crippen LogP contribution is 2.37. The lowest BCUT2D eigenvalue weighted by atomic mass is 10.2. The molecule has 1 N–H and O–H groups in total. The molecule has 2 aromatic rings. The van der Waals surface area contributed by atoms with Crippen molar-refractivity contribution in [1.29, 1.82) is 0 Å². The van der Waals surface area contributed by atoms with Gasteiger partial charge in [0, 0.05) is 15.8 Å². The van der Waals surface area contributed by atoms with Crippen molar-refractivity contribution in [3.05, 3.63) is 28.1 Å². The molecule has 19 heavy (non-hydrogen) atoms. The number of ether oxygens (including phenoxy) is 1. The van der Waals surface area contributed by atoms with Gasteiger partial charge in [0.25, 0.3) is 5.91 Å². The quantitative estimate of drug-likeness (QED) is 0.694. The van der Waals surface area contributed by atoms with Crippen molar-refractivity contribution in [3.63, 3.8) is 0 Å². The molecule has 0 radical (unpaired) electrons. The summed E-state index contributed by atoms with van der Waals surface area (Å²) < 4.78 is 6.06. The van der Waals surface area contributed by atoms with Crippen molar-refractivity contribution in [2.45, 2.75) is 13.8 Å². The minimum absolute atomic E-state index is 0.300. The summed E-state index contributed by atoms with van der Waals surface area (Å²) in [7, 11) is 1.60. The largest absolute Gasteiger partial charge is 0.497 e. The Morgan fingerprint density at radius 3 is 2.79 bits per heavy atom. The van der Waals surface area contributed by atoms with Crippen LogP contribution in [-0.2, 0) is 0 Å². The van der Waals surface area contributed by atoms with Crippen LogP contribution >= 0.6 is 22.9 Å². The SMILES string of the molecule is COc1ccc2c(Cl)c(C(=O)NN=C(C)C)sc2c1. The molecule has 1 amide bonds. The Morgan fingerprint density at radius 1 is 1.42 bits per heavy atom. The van der Waals surface area contributed by atoms with E-state index in [0.717, 1.165) is 21.5 Å². The van der Waals surface area contributed by atoms with Gasteiger partial charge in [-0.2, -0.15) is 5.10 Å². The highest BCUT2D eigenvalue weighted by atomic mass is 35.5. The van der Waals surface area contributed by atoms with Gasteiger partial charge in [-0.1, -0.05) is 11.6 Å². The van der Waals surface area contributed by atoms with Gasteiger partial charge < -0.3 is 4.74 Å². The van der Waals surface area contributed by atoms with E-state index in [1.807, 2.05) is 18.2 Å². The fourth-order valence-corrected chi connectivity index (χ4v) is 2.97. The summed E-state index contributed by atoms with van der Waals surface area (Å²) in [6.45, 7) is 3.61. The Kier molecular flexibility index (Phi) is 4.07. The summed E-state index contributed by atoms with van der Waals surface area (Å²) in [5.41, 5.74) is 3.24. The first-order valence-corrected chi connectivity index (χ1v) is 6.79. The van der Waals surface area contributed by atoms with Crippen LogP contribution in [0.3, 0.4) is 0 Å². The van der Waals surface area contributed by atoms with Gasteiger partial charge in [0.2, 0.25) is 0 Å². The Balaban J connectivity index is 2.41. The van der Waals surface area contributed by atoms with Gasteiger partial charge in [-0.05, 0) is 32.0 Å². The van der Waals surface area contributed by atoms with Gasteiger partial charge >= 0.3 is 0 Å². The summed E-state index contributed by atoms with van der Waals surface area (Å²) in [6.07, 6.45) is 0. The van der Waals surface area contributed by atoms with E-state index in [-0.39, 0.29) is 5.91 Å². The first-order chi connectivity index (χ1) is 9.02. The van der Waals surface area contributed by atoms with Crippen molar-refractivity contribution in [1.82, 2.24) is 5.43 Å². The van der Waals surface area contributed by atoms with E-state index in [1.165, 1.54) is 11.3 Å². The zero-order valence-electron chi connectivity index (χ0n) is 10.8. The molecule has 1 aromatic carbocycles. The van der Waals surface area contributed by atoms with Crippen LogP contribution in [0.2, 0.25) is 5.02 Å². The third-order valence-electron chi connectivity index (χ3n) is 2.42. The zero-order chi connectivity index (χ0) is 14.0. The van der Waals surface area contributed by atoms with Crippen molar-refractivity contribution in [2.75, 3.05) is 7.11 Å². The minimum Gasteiger partial charge on any atom is -0.497 e. The molecule has 0 saturated carbocycles. The van der Waals surface area contributed by atoms with Crippen molar-refractivity contribution >= 4 is 44.6 Å². The third-order valence-corrected chi connectivity index (χ3v) is 4.08. The van der Waals surface area contributed by atoms with Gasteiger partial charge in [0.1, 0.15) is 10.6 Å². The number of rotatable bonds is 3. The fraction of sp³-hybridized carbons (Fsp3) is 0.231. The van der Waals surface area contributed by atoms with Crippen molar-refractivity contribution < 1.29 is 9.53 Å². The van der Waals surface area contributed by atoms with E-state index in [0.29, 0.717) is 9.90 Å². The summed E-state index contributed by atoms with van der Waals surface area (Å²) in [5, 5.41) is 5.18. The first-order valence-electron chi connectivity index (χ1n) is 5.60. The third kappa shape index (κ3) is 2.88. The maximum atomic E-state index is 12.0. The van der Waals surface area contributed by atoms with Crippen LogP contribution in [0.25, 0.3) is 10.1 Å². The van der Waals surface area contributed by atoms with Crippen LogP contribution < -0.4 is 10.2 Å². The Hall–Kier alpha value is -1.59. The molecule has 100 valence electrons. The number of carbonyl (C=O) groups is 1. The molecule has 0 unspecified atom stereocenters. The number of hydrazone groups is 1. The fourth-order valence-electron chi connectivity index (χ4n) is 1.53. The number of fused-ring (bicyclic) bond motifs is 1. The number of halogens is 1. The van der Waals surface area contributed by atoms with Crippen molar-refractivity contribution in [2.24, 2.45) is 5.10 Å². The summed E-state index contributed by atoms with van der Waals surface area (Å²) >= 11 is 7.54. The van der Waals surface area contributed by atoms with Crippen LogP contribution in [0.4, 0.5) is 0 Å². The smallest absolute Gasteiger partial charge is 0.283 e. The monoisotopic (exact) mass is 296 g/mol. The molecule has 2 rings (SSSR count). The van der Waals surface area contributed by atoms with E-state index in [1.54, 1.807) is 21.0 Å². The van der Waals surface area contributed by atoms with Crippen LogP contribution in [0.15, 0.2) is 23.3 Å². The number of hydrogen-bond donors (Lipinski definition) is 1. The lowest BCUT2D eigenvalue weighted by Crippen LogP contribution is -2.17. The van der Waals surface area contributed by atoms with Crippen molar-refractivity contribution in [3.8, 4) is 5.75 Å². The number of benzene rings is 1. The molecule has 1 heterocycles. The topological polar surface area (TPSA) is 50.7 Å². The van der Waals surface area contributed by atoms with Gasteiger partial charge in [-0.15, -0.1) is 11.3 Å². The Labute approximate surface area is 120 Å². The van der Waals surface area contributed by atoms with Crippen LogP contribution in [-0.4, -0.2) is 18.7 Å². The maximum absolute atomic E-state index is 12.0. The number of carbonyl (C=O) groups excluding carboxylic acids is 1. The standard InChI is InChI=1S/C13H13ClN2O2S/c1-7(2)15-16-13(17)12-11(14)9-5-4-8(18-3)6-10(9)19-12/h4-6H,1-3H3,(H,16,17). The number of amides is 1. The highest BCUT2D eigenvalue weighted by molar-refractivity contribution is 7.21. The molecule has 4 nitrogen and oxygen atoms in total. The Bertz CT molecular complexity index is 660. The first kappa shape index (κ1) is 13.8. The van der Waals surface area contributed by atoms with E-state index in [4.69, 9.17) is 16.3 Å². The van der Waals surface area contributed by atoms with E-state index < -0.39 is 0 Å². The summed E-state index contributed by atoms with van der Waals surface area (Å²) in [4.78, 5) is 12.4. The predicted molar refractivity (Wildman–Crippen MR) is 79.6 cm³/mol. The molecule has 0 bridgehead atoms. The van der Waals surface area contributed by atoms with Gasteiger partial charge in [-0.3, -0.25) is 4.79 Å². The second kappa shape index (κ2) is 5.59. The zero-order valence-corrected chi connectivity index (χ0v) is 12.4. The maximum Gasteiger partial charge on any atom is 0.283 e. The normalized spacial score (nSPS) is 10.3. The van der Waals surface area contributed by atoms with Gasteiger partial charge in [0.15, 0.2) is 0 Å². The highest BCUT2D eigenvalue weighted by Gasteiger charge is 2.17. The average molecular weight is 297 g/mol. The molecule has 0 fully saturated rings. The van der Waals surface area contributed by atoms with Crippen LogP contribution in [0.5, 0.6) is 5.75 Å². The van der Waals surface area contributed by atoms with E-state index >= 15 is 0 Å². The summed E-state index contributed by atoms with van der Waals surface area (Å²) in [6, 6.07) is 5.52. The lowest BCUT2D eigenvalue weighted by molar-refractivity contribution is 0.0959. The average Bonchev–Trinajstić information content (AvgIpc) is 2.72. The molecule has 1 aromatic heterocycles. The second-order valence-electron chi connectivity index (χ2n) is 4.11. The number of methoxy groups -OCH3 is 1. The molecule has 0 aliphatic heterocycles. The molecule has 6 heteroatoms. The van der Waals surface area contributed by atoms with E-state index in [9.17, 15) is 4.79 Å². The molecule has 0 spiro atoms. The van der Waals surface area contributed by atoms with Gasteiger partial charge in [-0.25, -0.2) is 5.43 Å². The second-order valence-corrected chi connectivity index (χ2v) is 5.54. The van der Waals surface area contributed by atoms with E-state index in [2.05, 4.69) is 10.5 Å². The predicted octanol–water partition coefficient (Wildman–Crippen LogP) is 3.69. The lowest BCUT2D eigenvalue weighted by Gasteiger charge is -1.98. The Morgan fingerprint density at radius 2 is 2.16 bits per heavy atom. The molecule has 0 saturated heterocycles. The molecular formula is C13H13ClN2O2S. The number of thiophene rings is 1. The van der Waals surface area contributed by atoms with Crippen LogP contribution in [0, 0.1) is 0 Å². The number of nitrogens with one attached hydrogen (secondary N) is 1. The molecule has 0 aliphatic rings. The van der Waals surface area contributed by atoms with Gasteiger partial charge in [0.05, 0.1) is 12.1 Å². The molecule has 0 aliphatic carbocycles. The summed E-state index contributed by atoms with van der Waals surface area (Å²) in [5.74, 6) is 0.436. The number of hydrogen-bond acceptors (Lipinski definition) is 4. The number of nitrogens with zero attached hydrogens (tertiary/aromatic N) is 1. The minimum atomic E-state index is -0.300. The molecular weight excluding hydrogens is 284 g/mol.